The lowest BCUT2D eigenvalue weighted by molar-refractivity contribution is 0.0767. The Hall–Kier alpha value is -2.27. The van der Waals surface area contributed by atoms with E-state index in [-0.39, 0.29) is 23.1 Å². The summed E-state index contributed by atoms with van der Waals surface area (Å²) in [4.78, 5) is 18.9. The molecule has 2 heterocycles. The van der Waals surface area contributed by atoms with Crippen molar-refractivity contribution in [1.82, 2.24) is 15.2 Å². The number of benzene rings is 1. The molecule has 0 saturated carbocycles. The maximum atomic E-state index is 14.1. The van der Waals surface area contributed by atoms with Crippen LogP contribution in [0.1, 0.15) is 66.2 Å². The van der Waals surface area contributed by atoms with Crippen molar-refractivity contribution in [2.24, 2.45) is 5.41 Å². The van der Waals surface area contributed by atoms with Crippen LogP contribution in [0, 0.1) is 11.2 Å². The number of carbonyl (C=O) groups is 1. The fourth-order valence-corrected chi connectivity index (χ4v) is 5.12. The summed E-state index contributed by atoms with van der Waals surface area (Å²) >= 11 is 0. The molecule has 154 valence electrons. The normalized spacial score (nSPS) is 20.3. The number of nitrogens with one attached hydrogen (secondary N) is 1. The first-order valence-electron chi connectivity index (χ1n) is 10.8. The molecule has 0 radical (unpaired) electrons. The first kappa shape index (κ1) is 20.0. The predicted octanol–water partition coefficient (Wildman–Crippen LogP) is 4.15. The molecule has 2 aliphatic rings. The van der Waals surface area contributed by atoms with Gasteiger partial charge in [-0.2, -0.15) is 0 Å². The largest absolute Gasteiger partial charge is 0.338 e. The monoisotopic (exact) mass is 395 g/mol. The smallest absolute Gasteiger partial charge is 0.272 e. The molecule has 4 rings (SSSR count). The van der Waals surface area contributed by atoms with Crippen LogP contribution < -0.4 is 5.32 Å². The number of hydrogen-bond acceptors (Lipinski definition) is 3. The van der Waals surface area contributed by atoms with Gasteiger partial charge < -0.3 is 10.2 Å². The molecule has 5 heteroatoms. The van der Waals surface area contributed by atoms with E-state index in [4.69, 9.17) is 0 Å². The van der Waals surface area contributed by atoms with Crippen LogP contribution in [0.2, 0.25) is 0 Å². The highest BCUT2D eigenvalue weighted by Crippen LogP contribution is 2.49. The molecule has 1 saturated heterocycles. The maximum absolute atomic E-state index is 14.1. The molecule has 1 fully saturated rings. The van der Waals surface area contributed by atoms with Gasteiger partial charge in [0.05, 0.1) is 0 Å². The molecular formula is C24H30FN3O. The van der Waals surface area contributed by atoms with Crippen molar-refractivity contribution in [3.05, 3.63) is 64.7 Å². The molecule has 1 unspecified atom stereocenters. The van der Waals surface area contributed by atoms with Crippen molar-refractivity contribution in [2.75, 3.05) is 26.2 Å². The van der Waals surface area contributed by atoms with Crippen molar-refractivity contribution >= 4 is 5.91 Å². The van der Waals surface area contributed by atoms with E-state index < -0.39 is 0 Å². The first-order valence-corrected chi connectivity index (χ1v) is 10.8. The number of aromatic nitrogens is 1. The predicted molar refractivity (Wildman–Crippen MR) is 113 cm³/mol. The summed E-state index contributed by atoms with van der Waals surface area (Å²) in [5.41, 5.74) is 4.15. The second-order valence-corrected chi connectivity index (χ2v) is 8.48. The van der Waals surface area contributed by atoms with Crippen LogP contribution >= 0.6 is 0 Å². The van der Waals surface area contributed by atoms with Gasteiger partial charge in [0.15, 0.2) is 0 Å². The van der Waals surface area contributed by atoms with Crippen LogP contribution in [0.25, 0.3) is 0 Å². The summed E-state index contributed by atoms with van der Waals surface area (Å²) in [7, 11) is 0. The van der Waals surface area contributed by atoms with Crippen LogP contribution in [0.5, 0.6) is 0 Å². The molecule has 1 aliphatic carbocycles. The van der Waals surface area contributed by atoms with E-state index in [1.165, 1.54) is 5.56 Å². The van der Waals surface area contributed by atoms with Crippen molar-refractivity contribution in [2.45, 2.75) is 45.4 Å². The number of carbonyl (C=O) groups excluding carboxylic acids is 1. The molecule has 1 N–H and O–H groups in total. The number of pyridine rings is 1. The standard InChI is InChI=1S/C24H30FN3O/c1-3-28(4-2)23(29)22-8-6-18(16-27-22)21-15-24(9-11-26-12-10-24)14-17-5-7-19(25)13-20(17)21/h5-8,13,16,21,26H,3-4,9-12,14-15H2,1-2H3. The molecule has 1 aromatic carbocycles. The Morgan fingerprint density at radius 3 is 2.62 bits per heavy atom. The molecule has 1 aliphatic heterocycles. The fraction of sp³-hybridized carbons (Fsp3) is 0.500. The van der Waals surface area contributed by atoms with E-state index >= 15 is 0 Å². The summed E-state index contributed by atoms with van der Waals surface area (Å²) in [6, 6.07) is 9.09. The SMILES string of the molecule is CCN(CC)C(=O)c1ccc(C2CC3(CCNCC3)Cc3ccc(F)cc32)cn1. The zero-order valence-corrected chi connectivity index (χ0v) is 17.4. The Morgan fingerprint density at radius 2 is 1.97 bits per heavy atom. The number of fused-ring (bicyclic) bond motifs is 1. The number of halogens is 1. The van der Waals surface area contributed by atoms with E-state index in [0.717, 1.165) is 49.9 Å². The summed E-state index contributed by atoms with van der Waals surface area (Å²) in [5.74, 6) is -0.0968. The number of nitrogens with zero attached hydrogens (tertiary/aromatic N) is 2. The van der Waals surface area contributed by atoms with E-state index in [2.05, 4.69) is 10.3 Å². The van der Waals surface area contributed by atoms with Gasteiger partial charge in [-0.3, -0.25) is 9.78 Å². The van der Waals surface area contributed by atoms with Gasteiger partial charge in [0.1, 0.15) is 11.5 Å². The third kappa shape index (κ3) is 3.93. The van der Waals surface area contributed by atoms with Gasteiger partial charge in [0.25, 0.3) is 5.91 Å². The second kappa shape index (κ2) is 8.23. The van der Waals surface area contributed by atoms with Gasteiger partial charge in [0.2, 0.25) is 0 Å². The van der Waals surface area contributed by atoms with Crippen LogP contribution in [0.4, 0.5) is 4.39 Å². The van der Waals surface area contributed by atoms with Gasteiger partial charge in [-0.15, -0.1) is 0 Å². The maximum Gasteiger partial charge on any atom is 0.272 e. The lowest BCUT2D eigenvalue weighted by atomic mass is 9.62. The summed E-state index contributed by atoms with van der Waals surface area (Å²) in [6.45, 7) is 7.37. The van der Waals surface area contributed by atoms with Crippen molar-refractivity contribution in [3.8, 4) is 0 Å². The highest BCUT2D eigenvalue weighted by atomic mass is 19.1. The third-order valence-corrected chi connectivity index (χ3v) is 6.81. The van der Waals surface area contributed by atoms with Crippen LogP contribution in [-0.4, -0.2) is 42.0 Å². The van der Waals surface area contributed by atoms with Crippen LogP contribution in [0.3, 0.4) is 0 Å². The van der Waals surface area contributed by atoms with Crippen LogP contribution in [-0.2, 0) is 6.42 Å². The summed E-state index contributed by atoms with van der Waals surface area (Å²) in [6.07, 6.45) is 6.15. The molecule has 1 spiro atoms. The highest BCUT2D eigenvalue weighted by molar-refractivity contribution is 5.92. The zero-order chi connectivity index (χ0) is 20.4. The van der Waals surface area contributed by atoms with Gasteiger partial charge in [-0.05, 0) is 92.9 Å². The minimum atomic E-state index is -0.184. The Morgan fingerprint density at radius 1 is 1.21 bits per heavy atom. The second-order valence-electron chi connectivity index (χ2n) is 8.48. The molecule has 1 aromatic heterocycles. The number of amides is 1. The molecule has 1 atom stereocenters. The van der Waals surface area contributed by atoms with Gasteiger partial charge >= 0.3 is 0 Å². The fourth-order valence-electron chi connectivity index (χ4n) is 5.12. The van der Waals surface area contributed by atoms with Gasteiger partial charge in [0, 0.05) is 25.2 Å². The average Bonchev–Trinajstić information content (AvgIpc) is 2.75. The van der Waals surface area contributed by atoms with E-state index in [1.807, 2.05) is 38.2 Å². The molecule has 2 aromatic rings. The van der Waals surface area contributed by atoms with Gasteiger partial charge in [-0.25, -0.2) is 4.39 Å². The first-order chi connectivity index (χ1) is 14.0. The van der Waals surface area contributed by atoms with E-state index in [0.29, 0.717) is 18.8 Å². The average molecular weight is 396 g/mol. The Bertz CT molecular complexity index is 870. The topological polar surface area (TPSA) is 45.2 Å². The molecule has 29 heavy (non-hydrogen) atoms. The minimum Gasteiger partial charge on any atom is -0.338 e. The van der Waals surface area contributed by atoms with E-state index in [1.54, 1.807) is 17.0 Å². The Balaban J connectivity index is 1.67. The zero-order valence-electron chi connectivity index (χ0n) is 17.4. The van der Waals surface area contributed by atoms with Crippen LogP contribution in [0.15, 0.2) is 36.5 Å². The van der Waals surface area contributed by atoms with Crippen molar-refractivity contribution < 1.29 is 9.18 Å². The van der Waals surface area contributed by atoms with Gasteiger partial charge in [-0.1, -0.05) is 12.1 Å². The lowest BCUT2D eigenvalue weighted by Gasteiger charge is -2.45. The quantitative estimate of drug-likeness (QED) is 0.846. The number of rotatable bonds is 4. The highest BCUT2D eigenvalue weighted by Gasteiger charge is 2.40. The number of hydrogen-bond donors (Lipinski definition) is 1. The van der Waals surface area contributed by atoms with Crippen molar-refractivity contribution in [1.29, 1.82) is 0 Å². The molecule has 0 bridgehead atoms. The molecule has 4 nitrogen and oxygen atoms in total. The molecular weight excluding hydrogens is 365 g/mol. The molecule has 1 amide bonds. The minimum absolute atomic E-state index is 0.0357. The van der Waals surface area contributed by atoms with E-state index in [9.17, 15) is 9.18 Å². The number of piperidine rings is 1. The Kier molecular flexibility index (Phi) is 5.68. The third-order valence-electron chi connectivity index (χ3n) is 6.81. The Labute approximate surface area is 172 Å². The van der Waals surface area contributed by atoms with Crippen molar-refractivity contribution in [3.63, 3.8) is 0 Å². The summed E-state index contributed by atoms with van der Waals surface area (Å²) < 4.78 is 14.1. The lowest BCUT2D eigenvalue weighted by Crippen LogP contribution is -2.41. The summed E-state index contributed by atoms with van der Waals surface area (Å²) in [5, 5.41) is 3.47.